The highest BCUT2D eigenvalue weighted by atomic mass is 79.9. The number of anilines is 1. The van der Waals surface area contributed by atoms with Crippen molar-refractivity contribution < 1.29 is 14.3 Å². The zero-order valence-corrected chi connectivity index (χ0v) is 19.8. The average Bonchev–Trinajstić information content (AvgIpc) is 3.17. The van der Waals surface area contributed by atoms with Crippen LogP contribution in [0.15, 0.2) is 33.0 Å². The number of hydrogen-bond donors (Lipinski definition) is 1. The van der Waals surface area contributed by atoms with Gasteiger partial charge in [-0.3, -0.25) is 4.79 Å². The molecule has 1 saturated heterocycles. The van der Waals surface area contributed by atoms with Crippen LogP contribution in [-0.2, 0) is 11.3 Å². The molecule has 2 aliphatic heterocycles. The highest BCUT2D eigenvalue weighted by molar-refractivity contribution is 9.10. The number of nitrogens with zero attached hydrogens (tertiary/aromatic N) is 5. The SMILES string of the molecule is Nc1ncnc2c1nc(Sc1cc3c(cc1Br)OCCO3)n2CCC1CCN(C=O)CC1. The number of hydrogen-bond acceptors (Lipinski definition) is 8. The summed E-state index contributed by atoms with van der Waals surface area (Å²) < 4.78 is 14.5. The molecule has 0 aliphatic carbocycles. The minimum atomic E-state index is 0.371. The van der Waals surface area contributed by atoms with E-state index in [0.717, 1.165) is 77.0 Å². The lowest BCUT2D eigenvalue weighted by molar-refractivity contribution is -0.119. The summed E-state index contributed by atoms with van der Waals surface area (Å²) in [5, 5.41) is 0.801. The maximum absolute atomic E-state index is 11.0. The molecule has 1 fully saturated rings. The summed E-state index contributed by atoms with van der Waals surface area (Å²) in [6.07, 6.45) is 5.43. The second-order valence-corrected chi connectivity index (χ2v) is 9.74. The maximum atomic E-state index is 11.0. The van der Waals surface area contributed by atoms with E-state index >= 15 is 0 Å². The van der Waals surface area contributed by atoms with Crippen molar-refractivity contribution in [1.29, 1.82) is 0 Å². The molecule has 0 radical (unpaired) electrons. The quantitative estimate of drug-likeness (QED) is 0.494. The van der Waals surface area contributed by atoms with E-state index in [4.69, 9.17) is 20.2 Å². The Kier molecular flexibility index (Phi) is 6.09. The van der Waals surface area contributed by atoms with Crippen molar-refractivity contribution >= 4 is 51.1 Å². The number of imidazole rings is 1. The second-order valence-electron chi connectivity index (χ2n) is 7.88. The van der Waals surface area contributed by atoms with Gasteiger partial charge >= 0.3 is 0 Å². The van der Waals surface area contributed by atoms with E-state index in [1.807, 2.05) is 17.0 Å². The number of amides is 1. The van der Waals surface area contributed by atoms with Crippen molar-refractivity contribution in [2.45, 2.75) is 35.9 Å². The van der Waals surface area contributed by atoms with Gasteiger partial charge in [0.15, 0.2) is 33.6 Å². The largest absolute Gasteiger partial charge is 0.486 e. The summed E-state index contributed by atoms with van der Waals surface area (Å²) in [7, 11) is 0. The van der Waals surface area contributed by atoms with Crippen molar-refractivity contribution in [2.24, 2.45) is 5.92 Å². The summed E-state index contributed by atoms with van der Waals surface area (Å²) in [5.74, 6) is 2.39. The first-order valence-corrected chi connectivity index (χ1v) is 12.2. The molecule has 32 heavy (non-hydrogen) atoms. The maximum Gasteiger partial charge on any atom is 0.209 e. The summed E-state index contributed by atoms with van der Waals surface area (Å²) in [6.45, 7) is 3.49. The zero-order valence-electron chi connectivity index (χ0n) is 17.4. The van der Waals surface area contributed by atoms with Crippen LogP contribution >= 0.6 is 27.7 Å². The lowest BCUT2D eigenvalue weighted by atomic mass is 9.94. The number of benzene rings is 1. The van der Waals surface area contributed by atoms with Crippen LogP contribution in [0.2, 0.25) is 0 Å². The molecule has 11 heteroatoms. The summed E-state index contributed by atoms with van der Waals surface area (Å²) >= 11 is 5.18. The predicted octanol–water partition coefficient (Wildman–Crippen LogP) is 3.35. The summed E-state index contributed by atoms with van der Waals surface area (Å²) in [4.78, 5) is 27.2. The molecule has 2 N–H and O–H groups in total. The lowest BCUT2D eigenvalue weighted by Crippen LogP contribution is -2.32. The van der Waals surface area contributed by atoms with E-state index in [0.29, 0.717) is 30.5 Å². The Morgan fingerprint density at radius 2 is 1.94 bits per heavy atom. The van der Waals surface area contributed by atoms with Crippen LogP contribution in [-0.4, -0.2) is 57.1 Å². The fraction of sp³-hybridized carbons (Fsp3) is 0.429. The van der Waals surface area contributed by atoms with Gasteiger partial charge in [-0.05, 0) is 53.2 Å². The third-order valence-electron chi connectivity index (χ3n) is 5.88. The van der Waals surface area contributed by atoms with Gasteiger partial charge in [-0.15, -0.1) is 0 Å². The van der Waals surface area contributed by atoms with Crippen molar-refractivity contribution in [3.05, 3.63) is 22.9 Å². The molecule has 168 valence electrons. The fourth-order valence-electron chi connectivity index (χ4n) is 4.09. The third kappa shape index (κ3) is 4.23. The van der Waals surface area contributed by atoms with Crippen molar-refractivity contribution in [1.82, 2.24) is 24.4 Å². The molecule has 0 spiro atoms. The van der Waals surface area contributed by atoms with Crippen molar-refractivity contribution in [3.8, 4) is 11.5 Å². The molecule has 2 aliphatic rings. The minimum Gasteiger partial charge on any atom is -0.486 e. The first-order valence-electron chi connectivity index (χ1n) is 10.6. The predicted molar refractivity (Wildman–Crippen MR) is 124 cm³/mol. The first-order chi connectivity index (χ1) is 15.6. The van der Waals surface area contributed by atoms with E-state index in [2.05, 4.69) is 30.5 Å². The van der Waals surface area contributed by atoms with Crippen molar-refractivity contribution in [3.63, 3.8) is 0 Å². The number of rotatable bonds is 6. The molecule has 1 aromatic carbocycles. The number of piperidine rings is 1. The van der Waals surface area contributed by atoms with E-state index in [9.17, 15) is 4.79 Å². The second kappa shape index (κ2) is 9.14. The molecule has 2 aromatic heterocycles. The Bertz CT molecular complexity index is 1150. The highest BCUT2D eigenvalue weighted by Crippen LogP contribution is 2.42. The van der Waals surface area contributed by atoms with Gasteiger partial charge in [-0.2, -0.15) is 0 Å². The van der Waals surface area contributed by atoms with Crippen molar-refractivity contribution in [2.75, 3.05) is 32.0 Å². The summed E-state index contributed by atoms with van der Waals surface area (Å²) in [5.41, 5.74) is 7.45. The number of nitrogen functional groups attached to an aromatic ring is 1. The van der Waals surface area contributed by atoms with Gasteiger partial charge in [-0.1, -0.05) is 11.8 Å². The standard InChI is InChI=1S/C21H23BrN6O3S/c22-14-9-15-16(31-8-7-30-15)10-17(14)32-21-26-18-19(23)24-11-25-20(18)28(21)6-3-13-1-4-27(12-29)5-2-13/h9-13H,1-8H2,(H2,23,24,25). The number of aromatic nitrogens is 4. The molecule has 5 rings (SSSR count). The molecule has 9 nitrogen and oxygen atoms in total. The Balaban J connectivity index is 1.43. The molecule has 1 amide bonds. The Morgan fingerprint density at radius 3 is 2.69 bits per heavy atom. The summed E-state index contributed by atoms with van der Waals surface area (Å²) in [6, 6.07) is 3.90. The normalized spacial score (nSPS) is 16.5. The van der Waals surface area contributed by atoms with Gasteiger partial charge in [0.25, 0.3) is 0 Å². The number of aryl methyl sites for hydroxylation is 1. The Morgan fingerprint density at radius 1 is 1.19 bits per heavy atom. The smallest absolute Gasteiger partial charge is 0.209 e. The molecule has 4 heterocycles. The number of likely N-dealkylation sites (tertiary alicyclic amines) is 1. The van der Waals surface area contributed by atoms with Gasteiger partial charge in [0.1, 0.15) is 19.5 Å². The minimum absolute atomic E-state index is 0.371. The average molecular weight is 519 g/mol. The number of carbonyl (C=O) groups excluding carboxylic acids is 1. The van der Waals surface area contributed by atoms with Gasteiger partial charge < -0.3 is 24.7 Å². The van der Waals surface area contributed by atoms with Crippen LogP contribution in [0.1, 0.15) is 19.3 Å². The van der Waals surface area contributed by atoms with E-state index < -0.39 is 0 Å². The number of fused-ring (bicyclic) bond motifs is 2. The van der Waals surface area contributed by atoms with Crippen LogP contribution < -0.4 is 15.2 Å². The van der Waals surface area contributed by atoms with Crippen LogP contribution in [0.3, 0.4) is 0 Å². The van der Waals surface area contributed by atoms with Crippen LogP contribution in [0.25, 0.3) is 11.2 Å². The van der Waals surface area contributed by atoms with Crippen LogP contribution in [0.5, 0.6) is 11.5 Å². The molecular weight excluding hydrogens is 496 g/mol. The molecule has 0 atom stereocenters. The number of nitrogens with two attached hydrogens (primary N) is 1. The van der Waals surface area contributed by atoms with E-state index in [1.165, 1.54) is 18.1 Å². The molecule has 0 bridgehead atoms. The number of carbonyl (C=O) groups is 1. The molecular formula is C21H23BrN6O3S. The van der Waals surface area contributed by atoms with Gasteiger partial charge in [0, 0.05) is 29.0 Å². The lowest BCUT2D eigenvalue weighted by Gasteiger charge is -2.29. The Labute approximate surface area is 197 Å². The fourth-order valence-corrected chi connectivity index (χ4v) is 5.60. The zero-order chi connectivity index (χ0) is 22.1. The molecule has 0 unspecified atom stereocenters. The third-order valence-corrected chi connectivity index (χ3v) is 7.85. The monoisotopic (exact) mass is 518 g/mol. The first kappa shape index (κ1) is 21.3. The van der Waals surface area contributed by atoms with E-state index in [1.54, 1.807) is 0 Å². The topological polar surface area (TPSA) is 108 Å². The van der Waals surface area contributed by atoms with Crippen LogP contribution in [0, 0.1) is 5.92 Å². The molecule has 3 aromatic rings. The molecule has 0 saturated carbocycles. The number of halogens is 1. The van der Waals surface area contributed by atoms with Crippen LogP contribution in [0.4, 0.5) is 5.82 Å². The number of ether oxygens (including phenoxy) is 2. The van der Waals surface area contributed by atoms with Gasteiger partial charge in [-0.25, -0.2) is 15.0 Å². The van der Waals surface area contributed by atoms with Gasteiger partial charge in [0.05, 0.1) is 0 Å². The highest BCUT2D eigenvalue weighted by Gasteiger charge is 2.22. The van der Waals surface area contributed by atoms with E-state index in [-0.39, 0.29) is 0 Å². The van der Waals surface area contributed by atoms with Gasteiger partial charge in [0.2, 0.25) is 6.41 Å². The Hall–Kier alpha value is -2.53.